The average molecular weight is 234 g/mol. The van der Waals surface area contributed by atoms with Crippen molar-refractivity contribution in [1.29, 1.82) is 0 Å². The van der Waals surface area contributed by atoms with Gasteiger partial charge in [0.15, 0.2) is 0 Å². The highest BCUT2D eigenvalue weighted by Gasteiger charge is 2.17. The lowest BCUT2D eigenvalue weighted by Gasteiger charge is -2.04. The quantitative estimate of drug-likeness (QED) is 0.785. The van der Waals surface area contributed by atoms with Crippen LogP contribution in [0.25, 0.3) is 11.0 Å². The molecule has 2 rings (SSSR count). The van der Waals surface area contributed by atoms with Crippen LogP contribution in [0.15, 0.2) is 12.5 Å². The van der Waals surface area contributed by atoms with Crippen molar-refractivity contribution in [3.63, 3.8) is 0 Å². The second-order valence-electron chi connectivity index (χ2n) is 3.53. The van der Waals surface area contributed by atoms with Crippen LogP contribution >= 0.6 is 0 Å². The lowest BCUT2D eigenvalue weighted by atomic mass is 10.2. The third kappa shape index (κ3) is 2.06. The van der Waals surface area contributed by atoms with E-state index in [2.05, 4.69) is 20.3 Å². The number of esters is 1. The van der Waals surface area contributed by atoms with Gasteiger partial charge in [-0.15, -0.1) is 0 Å². The number of H-pyrrole nitrogens is 1. The normalized spacial score (nSPS) is 10.5. The van der Waals surface area contributed by atoms with Crippen LogP contribution in [0.4, 0.5) is 5.82 Å². The third-order valence-corrected chi connectivity index (χ3v) is 2.36. The van der Waals surface area contributed by atoms with Gasteiger partial charge in [0.25, 0.3) is 0 Å². The van der Waals surface area contributed by atoms with Crippen LogP contribution in [0, 0.1) is 0 Å². The first kappa shape index (κ1) is 11.4. The fourth-order valence-electron chi connectivity index (χ4n) is 1.59. The van der Waals surface area contributed by atoms with E-state index in [0.717, 1.165) is 6.42 Å². The molecule has 0 fully saturated rings. The second kappa shape index (κ2) is 4.82. The Morgan fingerprint density at radius 3 is 3.06 bits per heavy atom. The van der Waals surface area contributed by atoms with Crippen LogP contribution in [0.2, 0.25) is 0 Å². The largest absolute Gasteiger partial charge is 0.462 e. The maximum Gasteiger partial charge on any atom is 0.340 e. The molecule has 2 aromatic heterocycles. The zero-order valence-corrected chi connectivity index (χ0v) is 9.78. The number of rotatable bonds is 4. The number of carbonyl (C=O) groups excluding carboxylic acids is 1. The first-order valence-electron chi connectivity index (χ1n) is 5.44. The van der Waals surface area contributed by atoms with E-state index in [4.69, 9.17) is 4.74 Å². The number of anilines is 1. The van der Waals surface area contributed by atoms with Gasteiger partial charge in [-0.1, -0.05) is 6.92 Å². The first-order valence-corrected chi connectivity index (χ1v) is 5.44. The maximum atomic E-state index is 11.8. The highest BCUT2D eigenvalue weighted by atomic mass is 16.5. The Morgan fingerprint density at radius 1 is 1.53 bits per heavy atom. The third-order valence-electron chi connectivity index (χ3n) is 2.36. The highest BCUT2D eigenvalue weighted by molar-refractivity contribution is 6.07. The van der Waals surface area contributed by atoms with Gasteiger partial charge in [0.1, 0.15) is 17.8 Å². The number of nitrogens with one attached hydrogen (secondary N) is 2. The van der Waals surface area contributed by atoms with E-state index in [0.29, 0.717) is 29.0 Å². The van der Waals surface area contributed by atoms with Crippen molar-refractivity contribution in [2.75, 3.05) is 19.0 Å². The molecule has 0 unspecified atom stereocenters. The Morgan fingerprint density at radius 2 is 2.35 bits per heavy atom. The summed E-state index contributed by atoms with van der Waals surface area (Å²) in [5.41, 5.74) is 1.08. The summed E-state index contributed by atoms with van der Waals surface area (Å²) >= 11 is 0. The fourth-order valence-corrected chi connectivity index (χ4v) is 1.59. The zero-order valence-electron chi connectivity index (χ0n) is 9.78. The van der Waals surface area contributed by atoms with Crippen molar-refractivity contribution in [3.05, 3.63) is 18.1 Å². The number of aromatic nitrogens is 3. The molecule has 2 heterocycles. The molecule has 0 radical (unpaired) electrons. The molecule has 6 heteroatoms. The topological polar surface area (TPSA) is 79.9 Å². The molecule has 0 aliphatic carbocycles. The van der Waals surface area contributed by atoms with E-state index in [1.165, 1.54) is 6.33 Å². The van der Waals surface area contributed by atoms with E-state index < -0.39 is 0 Å². The summed E-state index contributed by atoms with van der Waals surface area (Å²) in [4.78, 5) is 22.9. The summed E-state index contributed by atoms with van der Waals surface area (Å²) in [6.45, 7) is 2.36. The number of hydrogen-bond donors (Lipinski definition) is 2. The Kier molecular flexibility index (Phi) is 3.22. The molecule has 0 aromatic carbocycles. The van der Waals surface area contributed by atoms with Gasteiger partial charge >= 0.3 is 5.97 Å². The molecule has 17 heavy (non-hydrogen) atoms. The Labute approximate surface area is 98.4 Å². The minimum Gasteiger partial charge on any atom is -0.462 e. The molecule has 0 atom stereocenters. The molecule has 0 saturated carbocycles. The number of ether oxygens (including phenoxy) is 1. The van der Waals surface area contributed by atoms with Crippen LogP contribution in [0.5, 0.6) is 0 Å². The van der Waals surface area contributed by atoms with Crippen LogP contribution in [0.3, 0.4) is 0 Å². The smallest absolute Gasteiger partial charge is 0.340 e. The predicted octanol–water partition coefficient (Wildman–Crippen LogP) is 1.57. The minimum atomic E-state index is -0.357. The van der Waals surface area contributed by atoms with Crippen molar-refractivity contribution >= 4 is 22.8 Å². The van der Waals surface area contributed by atoms with E-state index >= 15 is 0 Å². The molecular formula is C11H14N4O2. The number of hydrogen-bond acceptors (Lipinski definition) is 5. The molecule has 90 valence electrons. The number of aromatic amines is 1. The number of fused-ring (bicyclic) bond motifs is 1. The lowest BCUT2D eigenvalue weighted by Crippen LogP contribution is -2.06. The van der Waals surface area contributed by atoms with Gasteiger partial charge in [-0.3, -0.25) is 0 Å². The zero-order chi connectivity index (χ0) is 12.3. The van der Waals surface area contributed by atoms with Crippen LogP contribution in [-0.4, -0.2) is 34.6 Å². The van der Waals surface area contributed by atoms with Crippen molar-refractivity contribution < 1.29 is 9.53 Å². The average Bonchev–Trinajstić information content (AvgIpc) is 2.79. The first-order chi connectivity index (χ1) is 8.27. The van der Waals surface area contributed by atoms with Crippen LogP contribution in [0.1, 0.15) is 23.7 Å². The van der Waals surface area contributed by atoms with Crippen molar-refractivity contribution in [2.24, 2.45) is 0 Å². The maximum absolute atomic E-state index is 11.8. The summed E-state index contributed by atoms with van der Waals surface area (Å²) in [5, 5.41) is 3.59. The summed E-state index contributed by atoms with van der Waals surface area (Å²) in [6.07, 6.45) is 3.83. The summed E-state index contributed by atoms with van der Waals surface area (Å²) < 4.78 is 5.10. The van der Waals surface area contributed by atoms with Crippen molar-refractivity contribution in [2.45, 2.75) is 13.3 Å². The molecular weight excluding hydrogens is 220 g/mol. The van der Waals surface area contributed by atoms with Gasteiger partial charge in [-0.25, -0.2) is 14.8 Å². The monoisotopic (exact) mass is 234 g/mol. The molecule has 0 aliphatic heterocycles. The SMILES string of the molecule is CCCOC(=O)c1c[nH]c2ncnc(NC)c12. The molecule has 0 bridgehead atoms. The summed E-state index contributed by atoms with van der Waals surface area (Å²) in [5.74, 6) is 0.254. The molecule has 0 aliphatic rings. The number of nitrogens with zero attached hydrogens (tertiary/aromatic N) is 2. The van der Waals surface area contributed by atoms with Gasteiger partial charge in [0.2, 0.25) is 0 Å². The molecule has 0 saturated heterocycles. The van der Waals surface area contributed by atoms with E-state index in [1.807, 2.05) is 6.92 Å². The summed E-state index contributed by atoms with van der Waals surface area (Å²) in [7, 11) is 1.75. The second-order valence-corrected chi connectivity index (χ2v) is 3.53. The van der Waals surface area contributed by atoms with Gasteiger partial charge in [0.05, 0.1) is 17.6 Å². The van der Waals surface area contributed by atoms with Gasteiger partial charge in [-0.2, -0.15) is 0 Å². The Bertz CT molecular complexity index is 535. The van der Waals surface area contributed by atoms with Gasteiger partial charge < -0.3 is 15.0 Å². The van der Waals surface area contributed by atoms with E-state index in [9.17, 15) is 4.79 Å². The number of carbonyl (C=O) groups is 1. The predicted molar refractivity (Wildman–Crippen MR) is 64.0 cm³/mol. The van der Waals surface area contributed by atoms with E-state index in [-0.39, 0.29) is 5.97 Å². The van der Waals surface area contributed by atoms with Crippen molar-refractivity contribution in [3.8, 4) is 0 Å². The Balaban J connectivity index is 2.44. The molecule has 2 N–H and O–H groups in total. The van der Waals surface area contributed by atoms with Crippen LogP contribution < -0.4 is 5.32 Å². The van der Waals surface area contributed by atoms with E-state index in [1.54, 1.807) is 13.2 Å². The molecule has 2 aromatic rings. The lowest BCUT2D eigenvalue weighted by molar-refractivity contribution is 0.0507. The van der Waals surface area contributed by atoms with Crippen LogP contribution in [-0.2, 0) is 4.74 Å². The van der Waals surface area contributed by atoms with Gasteiger partial charge in [0, 0.05) is 13.2 Å². The fraction of sp³-hybridized carbons (Fsp3) is 0.364. The Hall–Kier alpha value is -2.11. The highest BCUT2D eigenvalue weighted by Crippen LogP contribution is 2.23. The van der Waals surface area contributed by atoms with Gasteiger partial charge in [-0.05, 0) is 6.42 Å². The minimum absolute atomic E-state index is 0.357. The summed E-state index contributed by atoms with van der Waals surface area (Å²) in [6, 6.07) is 0. The molecule has 0 spiro atoms. The van der Waals surface area contributed by atoms with Crippen molar-refractivity contribution in [1.82, 2.24) is 15.0 Å². The standard InChI is InChI=1S/C11H14N4O2/c1-3-4-17-11(16)7-5-13-10-8(7)9(12-2)14-6-15-10/h5-6H,3-4H2,1-2H3,(H2,12,13,14,15). The molecule has 0 amide bonds. The molecule has 6 nitrogen and oxygen atoms in total.